The van der Waals surface area contributed by atoms with Crippen molar-refractivity contribution < 1.29 is 9.32 Å². The second-order valence-electron chi connectivity index (χ2n) is 3.47. The molecule has 1 aromatic rings. The molecule has 0 saturated heterocycles. The van der Waals surface area contributed by atoms with E-state index < -0.39 is 0 Å². The van der Waals surface area contributed by atoms with E-state index in [0.717, 1.165) is 12.8 Å². The highest BCUT2D eigenvalue weighted by Gasteiger charge is 2.11. The van der Waals surface area contributed by atoms with Gasteiger partial charge in [-0.2, -0.15) is 0 Å². The smallest absolute Gasteiger partial charge is 0.256 e. The number of nitrogens with one attached hydrogen (secondary N) is 1. The van der Waals surface area contributed by atoms with E-state index in [4.69, 9.17) is 16.1 Å². The summed E-state index contributed by atoms with van der Waals surface area (Å²) in [7, 11) is 0. The van der Waals surface area contributed by atoms with Crippen LogP contribution >= 0.6 is 11.6 Å². The Morgan fingerprint density at radius 3 is 3.00 bits per heavy atom. The van der Waals surface area contributed by atoms with Gasteiger partial charge in [-0.15, -0.1) is 11.6 Å². The molecule has 0 aliphatic rings. The van der Waals surface area contributed by atoms with E-state index in [9.17, 15) is 4.79 Å². The first-order valence-corrected chi connectivity index (χ1v) is 5.38. The number of nitrogens with zero attached hydrogens (tertiary/aromatic N) is 1. The minimum Gasteiger partial charge on any atom is -0.361 e. The van der Waals surface area contributed by atoms with Crippen molar-refractivity contribution >= 4 is 17.5 Å². The van der Waals surface area contributed by atoms with Gasteiger partial charge in [-0.1, -0.05) is 5.16 Å². The summed E-state index contributed by atoms with van der Waals surface area (Å²) in [6.45, 7) is 4.27. The van der Waals surface area contributed by atoms with Gasteiger partial charge in [0.1, 0.15) is 11.3 Å². The molecule has 4 nitrogen and oxygen atoms in total. The fourth-order valence-corrected chi connectivity index (χ4v) is 1.35. The Hall–Kier alpha value is -1.03. The van der Waals surface area contributed by atoms with Crippen LogP contribution in [0.5, 0.6) is 0 Å². The number of carbonyl (C=O) groups excluding carboxylic acids is 1. The normalized spacial score (nSPS) is 12.5. The molecule has 1 rings (SSSR count). The lowest BCUT2D eigenvalue weighted by molar-refractivity contribution is 0.0951. The summed E-state index contributed by atoms with van der Waals surface area (Å²) in [4.78, 5) is 11.5. The van der Waals surface area contributed by atoms with Crippen molar-refractivity contribution in [2.45, 2.75) is 32.1 Å². The first-order chi connectivity index (χ1) is 7.11. The minimum atomic E-state index is -0.143. The highest BCUT2D eigenvalue weighted by atomic mass is 35.5. The topological polar surface area (TPSA) is 55.1 Å². The van der Waals surface area contributed by atoms with Gasteiger partial charge in [-0.3, -0.25) is 4.79 Å². The van der Waals surface area contributed by atoms with Crippen LogP contribution in [-0.4, -0.2) is 23.0 Å². The van der Waals surface area contributed by atoms with Gasteiger partial charge in [0.05, 0.1) is 6.20 Å². The quantitative estimate of drug-likeness (QED) is 0.623. The Labute approximate surface area is 94.0 Å². The number of alkyl halides is 1. The van der Waals surface area contributed by atoms with Gasteiger partial charge >= 0.3 is 0 Å². The molecule has 0 fully saturated rings. The van der Waals surface area contributed by atoms with Crippen LogP contribution in [0.2, 0.25) is 0 Å². The van der Waals surface area contributed by atoms with Crippen molar-refractivity contribution in [3.63, 3.8) is 0 Å². The number of halogens is 1. The predicted octanol–water partition coefficient (Wildman–Crippen LogP) is 2.12. The lowest BCUT2D eigenvalue weighted by Gasteiger charge is -2.04. The number of carbonyl (C=O) groups is 1. The number of aromatic nitrogens is 1. The zero-order valence-corrected chi connectivity index (χ0v) is 9.67. The third-order valence-electron chi connectivity index (χ3n) is 2.06. The van der Waals surface area contributed by atoms with Crippen molar-refractivity contribution in [1.82, 2.24) is 10.5 Å². The molecule has 1 amide bonds. The average Bonchev–Trinajstić information content (AvgIpc) is 2.58. The van der Waals surface area contributed by atoms with Crippen LogP contribution in [0.15, 0.2) is 10.7 Å². The average molecular weight is 231 g/mol. The van der Waals surface area contributed by atoms with Crippen LogP contribution in [0.4, 0.5) is 0 Å². The highest BCUT2D eigenvalue weighted by molar-refractivity contribution is 6.20. The van der Waals surface area contributed by atoms with Crippen molar-refractivity contribution in [2.75, 3.05) is 6.54 Å². The first-order valence-electron chi connectivity index (χ1n) is 4.95. The molecule has 0 aromatic carbocycles. The van der Waals surface area contributed by atoms with Crippen LogP contribution in [0.1, 0.15) is 35.9 Å². The third-order valence-corrected chi connectivity index (χ3v) is 2.28. The van der Waals surface area contributed by atoms with Gasteiger partial charge < -0.3 is 9.84 Å². The Kier molecular flexibility index (Phi) is 4.62. The van der Waals surface area contributed by atoms with Gasteiger partial charge in [0.15, 0.2) is 0 Å². The summed E-state index contributed by atoms with van der Waals surface area (Å²) in [5.41, 5.74) is 0.494. The summed E-state index contributed by atoms with van der Waals surface area (Å²) < 4.78 is 4.80. The van der Waals surface area contributed by atoms with E-state index in [2.05, 4.69) is 10.5 Å². The minimum absolute atomic E-state index is 0.143. The Bertz CT molecular complexity index is 323. The molecule has 0 saturated carbocycles. The number of hydrogen-bond acceptors (Lipinski definition) is 3. The van der Waals surface area contributed by atoms with Crippen molar-refractivity contribution in [1.29, 1.82) is 0 Å². The maximum absolute atomic E-state index is 11.5. The maximum atomic E-state index is 11.5. The molecule has 0 bridgehead atoms. The number of aryl methyl sites for hydroxylation is 1. The molecular weight excluding hydrogens is 216 g/mol. The molecule has 5 heteroatoms. The Morgan fingerprint density at radius 2 is 2.47 bits per heavy atom. The summed E-state index contributed by atoms with van der Waals surface area (Å²) in [6.07, 6.45) is 3.19. The van der Waals surface area contributed by atoms with E-state index >= 15 is 0 Å². The number of hydrogen-bond donors (Lipinski definition) is 1. The fourth-order valence-electron chi connectivity index (χ4n) is 1.20. The lowest BCUT2D eigenvalue weighted by Crippen LogP contribution is -2.24. The summed E-state index contributed by atoms with van der Waals surface area (Å²) in [6, 6.07) is 0. The highest BCUT2D eigenvalue weighted by Crippen LogP contribution is 2.06. The van der Waals surface area contributed by atoms with Gasteiger partial charge in [-0.25, -0.2) is 0 Å². The Balaban J connectivity index is 2.28. The summed E-state index contributed by atoms with van der Waals surface area (Å²) >= 11 is 5.78. The van der Waals surface area contributed by atoms with E-state index in [1.807, 2.05) is 6.92 Å². The monoisotopic (exact) mass is 230 g/mol. The molecule has 0 radical (unpaired) electrons. The third kappa shape index (κ3) is 3.91. The van der Waals surface area contributed by atoms with Crippen LogP contribution < -0.4 is 5.32 Å². The molecule has 1 unspecified atom stereocenters. The molecule has 84 valence electrons. The molecular formula is C10H15ClN2O2. The van der Waals surface area contributed by atoms with Crippen LogP contribution in [-0.2, 0) is 0 Å². The summed E-state index contributed by atoms with van der Waals surface area (Å²) in [5.74, 6) is 0.397. The van der Waals surface area contributed by atoms with Crippen molar-refractivity contribution in [3.8, 4) is 0 Å². The molecule has 1 N–H and O–H groups in total. The molecule has 1 heterocycles. The number of amides is 1. The van der Waals surface area contributed by atoms with E-state index in [-0.39, 0.29) is 11.3 Å². The largest absolute Gasteiger partial charge is 0.361 e. The molecule has 1 aromatic heterocycles. The van der Waals surface area contributed by atoms with Crippen molar-refractivity contribution in [3.05, 3.63) is 17.5 Å². The van der Waals surface area contributed by atoms with Gasteiger partial charge in [-0.05, 0) is 26.7 Å². The maximum Gasteiger partial charge on any atom is 0.256 e. The van der Waals surface area contributed by atoms with Crippen molar-refractivity contribution in [2.24, 2.45) is 0 Å². The van der Waals surface area contributed by atoms with Gasteiger partial charge in [0, 0.05) is 11.9 Å². The van der Waals surface area contributed by atoms with Crippen LogP contribution in [0.25, 0.3) is 0 Å². The lowest BCUT2D eigenvalue weighted by atomic mass is 10.2. The number of rotatable bonds is 5. The Morgan fingerprint density at radius 1 is 1.73 bits per heavy atom. The molecule has 0 spiro atoms. The molecule has 15 heavy (non-hydrogen) atoms. The van der Waals surface area contributed by atoms with E-state index in [1.165, 1.54) is 6.20 Å². The molecule has 0 aliphatic heterocycles. The first kappa shape index (κ1) is 12.0. The second-order valence-corrected chi connectivity index (χ2v) is 4.22. The second kappa shape index (κ2) is 5.75. The zero-order valence-electron chi connectivity index (χ0n) is 8.92. The fraction of sp³-hybridized carbons (Fsp3) is 0.600. The zero-order chi connectivity index (χ0) is 11.3. The van der Waals surface area contributed by atoms with Gasteiger partial charge in [0.2, 0.25) is 0 Å². The predicted molar refractivity (Wildman–Crippen MR) is 58.1 cm³/mol. The standard InChI is InChI=1S/C10H15ClN2O2/c1-7(11)4-3-5-12-10(14)9-6-13-15-8(9)2/h6-7H,3-5H2,1-2H3,(H,12,14). The SMILES string of the molecule is Cc1oncc1C(=O)NCCCC(C)Cl. The molecule has 1 atom stereocenters. The van der Waals surface area contributed by atoms with Crippen LogP contribution in [0.3, 0.4) is 0 Å². The van der Waals surface area contributed by atoms with E-state index in [0.29, 0.717) is 17.9 Å². The van der Waals surface area contributed by atoms with Gasteiger partial charge in [0.25, 0.3) is 5.91 Å². The summed E-state index contributed by atoms with van der Waals surface area (Å²) in [5, 5.41) is 6.48. The van der Waals surface area contributed by atoms with E-state index in [1.54, 1.807) is 6.92 Å². The molecule has 0 aliphatic carbocycles. The van der Waals surface area contributed by atoms with Crippen LogP contribution in [0, 0.1) is 6.92 Å².